The molecule has 25 heavy (non-hydrogen) atoms. The average Bonchev–Trinajstić information content (AvgIpc) is 3.29. The van der Waals surface area contributed by atoms with Gasteiger partial charge in [-0.25, -0.2) is 0 Å². The lowest BCUT2D eigenvalue weighted by Crippen LogP contribution is -3.10. The van der Waals surface area contributed by atoms with E-state index in [1.54, 1.807) is 24.7 Å². The zero-order chi connectivity index (χ0) is 17.5. The van der Waals surface area contributed by atoms with Crippen LogP contribution >= 0.6 is 11.3 Å². The first kappa shape index (κ1) is 17.3. The summed E-state index contributed by atoms with van der Waals surface area (Å²) in [5.74, 6) is 1.62. The Kier molecular flexibility index (Phi) is 5.87. The lowest BCUT2D eigenvalue weighted by atomic mass is 10.3. The van der Waals surface area contributed by atoms with Gasteiger partial charge in [0.2, 0.25) is 0 Å². The number of carbonyl (C=O) groups is 1. The van der Waals surface area contributed by atoms with Gasteiger partial charge in [0.25, 0.3) is 5.91 Å². The van der Waals surface area contributed by atoms with Gasteiger partial charge in [0.15, 0.2) is 12.3 Å². The maximum atomic E-state index is 12.4. The summed E-state index contributed by atoms with van der Waals surface area (Å²) < 4.78 is 10.6. The van der Waals surface area contributed by atoms with Gasteiger partial charge in [-0.3, -0.25) is 4.79 Å². The van der Waals surface area contributed by atoms with Crippen molar-refractivity contribution in [2.24, 2.45) is 0 Å². The van der Waals surface area contributed by atoms with Crippen LogP contribution in [-0.4, -0.2) is 19.6 Å². The van der Waals surface area contributed by atoms with Crippen molar-refractivity contribution in [2.45, 2.75) is 13.1 Å². The third-order valence-electron chi connectivity index (χ3n) is 3.79. The first-order valence-corrected chi connectivity index (χ1v) is 8.93. The molecule has 0 saturated carbocycles. The van der Waals surface area contributed by atoms with Crippen molar-refractivity contribution in [3.05, 3.63) is 70.8 Å². The molecule has 6 heteroatoms. The summed E-state index contributed by atoms with van der Waals surface area (Å²) in [5.41, 5.74) is 0.763. The van der Waals surface area contributed by atoms with E-state index in [2.05, 4.69) is 16.8 Å². The fourth-order valence-electron chi connectivity index (χ4n) is 2.61. The summed E-state index contributed by atoms with van der Waals surface area (Å²) >= 11 is 1.70. The molecule has 3 aromatic rings. The van der Waals surface area contributed by atoms with Crippen LogP contribution in [0.25, 0.3) is 0 Å². The summed E-state index contributed by atoms with van der Waals surface area (Å²) in [5, 5.41) is 4.99. The first-order chi connectivity index (χ1) is 12.2. The predicted octanol–water partition coefficient (Wildman–Crippen LogP) is 2.57. The number of anilines is 1. The molecule has 2 N–H and O–H groups in total. The van der Waals surface area contributed by atoms with E-state index in [1.165, 1.54) is 4.88 Å². The number of hydrogen-bond acceptors (Lipinski definition) is 4. The van der Waals surface area contributed by atoms with Crippen LogP contribution in [0.3, 0.4) is 0 Å². The van der Waals surface area contributed by atoms with Crippen molar-refractivity contribution in [3.8, 4) is 5.75 Å². The highest BCUT2D eigenvalue weighted by atomic mass is 32.1. The fourth-order valence-corrected chi connectivity index (χ4v) is 3.39. The molecule has 5 nitrogen and oxygen atoms in total. The maximum Gasteiger partial charge on any atom is 0.279 e. The second-order valence-corrected chi connectivity index (χ2v) is 6.75. The number of ether oxygens (including phenoxy) is 1. The van der Waals surface area contributed by atoms with Gasteiger partial charge in [-0.1, -0.05) is 6.07 Å². The number of benzene rings is 1. The number of carbonyl (C=O) groups excluding carboxylic acids is 1. The second kappa shape index (κ2) is 8.50. The van der Waals surface area contributed by atoms with Gasteiger partial charge in [0.05, 0.1) is 18.3 Å². The van der Waals surface area contributed by atoms with E-state index in [0.717, 1.165) is 28.6 Å². The SMILES string of the molecule is COc1ccc(NC(=O)C[NH+](Cc2ccco2)Cc2cccs2)cc1. The van der Waals surface area contributed by atoms with Crippen molar-refractivity contribution in [2.75, 3.05) is 19.0 Å². The van der Waals surface area contributed by atoms with E-state index in [0.29, 0.717) is 13.1 Å². The van der Waals surface area contributed by atoms with Gasteiger partial charge in [0.1, 0.15) is 18.8 Å². The molecule has 0 bridgehead atoms. The minimum absolute atomic E-state index is 0.0247. The minimum Gasteiger partial charge on any atom is -0.497 e. The molecule has 130 valence electrons. The van der Waals surface area contributed by atoms with Crippen LogP contribution in [0.4, 0.5) is 5.69 Å². The minimum atomic E-state index is -0.0247. The molecule has 0 spiro atoms. The van der Waals surface area contributed by atoms with Crippen LogP contribution in [0, 0.1) is 0 Å². The molecule has 1 aromatic carbocycles. The first-order valence-electron chi connectivity index (χ1n) is 8.05. The number of furan rings is 1. The summed E-state index contributed by atoms with van der Waals surface area (Å²) in [6, 6.07) is 15.3. The van der Waals surface area contributed by atoms with Crippen LogP contribution in [0.15, 0.2) is 64.6 Å². The Bertz CT molecular complexity index is 731. The van der Waals surface area contributed by atoms with E-state index in [-0.39, 0.29) is 5.91 Å². The van der Waals surface area contributed by atoms with E-state index in [4.69, 9.17) is 9.15 Å². The molecule has 0 fully saturated rings. The lowest BCUT2D eigenvalue weighted by molar-refractivity contribution is -0.920. The zero-order valence-corrected chi connectivity index (χ0v) is 14.8. The third-order valence-corrected chi connectivity index (χ3v) is 4.67. The number of rotatable bonds is 8. The Labute approximate surface area is 150 Å². The quantitative estimate of drug-likeness (QED) is 0.651. The van der Waals surface area contributed by atoms with Crippen LogP contribution in [0.5, 0.6) is 5.75 Å². The molecule has 0 radical (unpaired) electrons. The molecule has 1 unspecified atom stereocenters. The number of hydrogen-bond donors (Lipinski definition) is 2. The summed E-state index contributed by atoms with van der Waals surface area (Å²) in [6.45, 7) is 1.82. The predicted molar refractivity (Wildman–Crippen MR) is 97.9 cm³/mol. The third kappa shape index (κ3) is 5.20. The molecule has 0 saturated heterocycles. The summed E-state index contributed by atoms with van der Waals surface area (Å²) in [6.07, 6.45) is 1.66. The van der Waals surface area contributed by atoms with Gasteiger partial charge >= 0.3 is 0 Å². The van der Waals surface area contributed by atoms with E-state index >= 15 is 0 Å². The number of thiophene rings is 1. The van der Waals surface area contributed by atoms with Gasteiger partial charge in [-0.15, -0.1) is 11.3 Å². The highest BCUT2D eigenvalue weighted by Crippen LogP contribution is 2.14. The van der Waals surface area contributed by atoms with E-state index in [1.807, 2.05) is 42.5 Å². The highest BCUT2D eigenvalue weighted by molar-refractivity contribution is 7.09. The van der Waals surface area contributed by atoms with Gasteiger partial charge in [-0.05, 0) is 47.8 Å². The number of quaternary nitrogens is 1. The Morgan fingerprint density at radius 3 is 2.64 bits per heavy atom. The van der Waals surface area contributed by atoms with Crippen molar-refractivity contribution >= 4 is 22.9 Å². The summed E-state index contributed by atoms with van der Waals surface area (Å²) in [4.78, 5) is 14.8. The molecular weight excluding hydrogens is 336 g/mol. The maximum absolute atomic E-state index is 12.4. The molecule has 1 amide bonds. The topological polar surface area (TPSA) is 55.9 Å². The number of nitrogens with one attached hydrogen (secondary N) is 2. The number of amides is 1. The van der Waals surface area contributed by atoms with Crippen molar-refractivity contribution < 1.29 is 18.8 Å². The molecule has 0 aliphatic rings. The van der Waals surface area contributed by atoms with Crippen molar-refractivity contribution in [3.63, 3.8) is 0 Å². The van der Waals surface area contributed by atoms with Crippen molar-refractivity contribution in [1.29, 1.82) is 0 Å². The Hall–Kier alpha value is -2.57. The smallest absolute Gasteiger partial charge is 0.279 e. The molecule has 2 aromatic heterocycles. The normalized spacial score (nSPS) is 11.9. The van der Waals surface area contributed by atoms with Crippen LogP contribution in [0.2, 0.25) is 0 Å². The molecular formula is C19H21N2O3S+. The standard InChI is InChI=1S/C19H20N2O3S/c1-23-16-8-6-15(7-9-16)20-19(22)14-21(12-17-4-2-10-24-17)13-18-5-3-11-25-18/h2-11H,12-14H2,1H3,(H,20,22)/p+1. The lowest BCUT2D eigenvalue weighted by Gasteiger charge is -2.17. The van der Waals surface area contributed by atoms with Crippen LogP contribution in [0.1, 0.15) is 10.6 Å². The largest absolute Gasteiger partial charge is 0.497 e. The Morgan fingerprint density at radius 1 is 1.16 bits per heavy atom. The Morgan fingerprint density at radius 2 is 2.00 bits per heavy atom. The van der Waals surface area contributed by atoms with E-state index in [9.17, 15) is 4.79 Å². The van der Waals surface area contributed by atoms with Gasteiger partial charge < -0.3 is 19.4 Å². The number of methoxy groups -OCH3 is 1. The van der Waals surface area contributed by atoms with Crippen LogP contribution in [-0.2, 0) is 17.9 Å². The molecule has 0 aliphatic carbocycles. The zero-order valence-electron chi connectivity index (χ0n) is 14.0. The fraction of sp³-hybridized carbons (Fsp3) is 0.211. The monoisotopic (exact) mass is 357 g/mol. The average molecular weight is 357 g/mol. The molecule has 3 rings (SSSR count). The summed E-state index contributed by atoms with van der Waals surface area (Å²) in [7, 11) is 1.62. The highest BCUT2D eigenvalue weighted by Gasteiger charge is 2.17. The second-order valence-electron chi connectivity index (χ2n) is 5.72. The van der Waals surface area contributed by atoms with E-state index < -0.39 is 0 Å². The van der Waals surface area contributed by atoms with Crippen LogP contribution < -0.4 is 15.0 Å². The molecule has 0 aliphatic heterocycles. The molecule has 2 heterocycles. The van der Waals surface area contributed by atoms with Gasteiger partial charge in [-0.2, -0.15) is 0 Å². The Balaban J connectivity index is 1.62. The van der Waals surface area contributed by atoms with Gasteiger partial charge in [0, 0.05) is 5.69 Å². The molecule has 1 atom stereocenters. The van der Waals surface area contributed by atoms with Crippen molar-refractivity contribution in [1.82, 2.24) is 0 Å².